The lowest BCUT2D eigenvalue weighted by Gasteiger charge is -2.18. The van der Waals surface area contributed by atoms with Crippen molar-refractivity contribution in [3.05, 3.63) is 93.3 Å². The first-order valence-corrected chi connectivity index (χ1v) is 10.6. The molecule has 0 saturated carbocycles. The number of ether oxygens (including phenoxy) is 1. The summed E-state index contributed by atoms with van der Waals surface area (Å²) in [4.78, 5) is 4.92. The fourth-order valence-corrected chi connectivity index (χ4v) is 4.11. The van der Waals surface area contributed by atoms with Crippen LogP contribution in [-0.2, 0) is 13.2 Å². The van der Waals surface area contributed by atoms with E-state index in [2.05, 4.69) is 88.6 Å². The third-order valence-electron chi connectivity index (χ3n) is 6.27. The monoisotopic (exact) mass is 398 g/mol. The summed E-state index contributed by atoms with van der Waals surface area (Å²) in [5, 5.41) is 0. The van der Waals surface area contributed by atoms with Crippen molar-refractivity contribution in [1.29, 1.82) is 0 Å². The minimum atomic E-state index is 0.446. The Morgan fingerprint density at radius 3 is 2.23 bits per heavy atom. The molecule has 0 radical (unpaired) electrons. The van der Waals surface area contributed by atoms with E-state index in [9.17, 15) is 0 Å². The fourth-order valence-electron chi connectivity index (χ4n) is 4.11. The van der Waals surface area contributed by atoms with Crippen molar-refractivity contribution in [3.8, 4) is 5.75 Å². The van der Waals surface area contributed by atoms with Gasteiger partial charge in [0.25, 0.3) is 0 Å². The molecule has 3 nitrogen and oxygen atoms in total. The number of imidazole rings is 1. The topological polar surface area (TPSA) is 27.1 Å². The average molecular weight is 399 g/mol. The van der Waals surface area contributed by atoms with Crippen LogP contribution in [0.3, 0.4) is 0 Å². The molecule has 3 heteroatoms. The lowest BCUT2D eigenvalue weighted by Crippen LogP contribution is -2.11. The van der Waals surface area contributed by atoms with Gasteiger partial charge in [-0.05, 0) is 98.7 Å². The lowest BCUT2D eigenvalue weighted by atomic mass is 9.94. The summed E-state index contributed by atoms with van der Waals surface area (Å²) in [5.41, 5.74) is 11.3. The molecule has 0 aliphatic carbocycles. The minimum absolute atomic E-state index is 0.446. The third-order valence-corrected chi connectivity index (χ3v) is 6.27. The molecule has 0 unspecified atom stereocenters. The van der Waals surface area contributed by atoms with E-state index in [0.717, 1.165) is 34.7 Å². The Kier molecular flexibility index (Phi) is 5.38. The molecule has 30 heavy (non-hydrogen) atoms. The van der Waals surface area contributed by atoms with E-state index in [1.807, 2.05) is 6.07 Å². The smallest absolute Gasteiger partial charge is 0.148 e. The van der Waals surface area contributed by atoms with Crippen LogP contribution in [0.25, 0.3) is 11.0 Å². The van der Waals surface area contributed by atoms with Crippen LogP contribution in [0.1, 0.15) is 44.8 Å². The summed E-state index contributed by atoms with van der Waals surface area (Å²) >= 11 is 0. The van der Waals surface area contributed by atoms with Crippen LogP contribution in [0.4, 0.5) is 0 Å². The molecule has 3 aromatic carbocycles. The van der Waals surface area contributed by atoms with Crippen LogP contribution in [0.5, 0.6) is 5.75 Å². The molecule has 0 aliphatic rings. The number of para-hydroxylation sites is 2. The zero-order valence-corrected chi connectivity index (χ0v) is 18.8. The first-order valence-electron chi connectivity index (χ1n) is 10.6. The highest BCUT2D eigenvalue weighted by atomic mass is 16.5. The van der Waals surface area contributed by atoms with Crippen LogP contribution >= 0.6 is 0 Å². The number of nitrogens with zero attached hydrogens (tertiary/aromatic N) is 2. The number of hydrogen-bond donors (Lipinski definition) is 0. The van der Waals surface area contributed by atoms with E-state index in [4.69, 9.17) is 9.72 Å². The maximum Gasteiger partial charge on any atom is 0.148 e. The van der Waals surface area contributed by atoms with Crippen LogP contribution in [0.15, 0.2) is 48.5 Å². The quantitative estimate of drug-likeness (QED) is 0.383. The predicted molar refractivity (Wildman–Crippen MR) is 124 cm³/mol. The Balaban J connectivity index is 1.76. The highest BCUT2D eigenvalue weighted by molar-refractivity contribution is 5.76. The molecule has 4 aromatic rings. The van der Waals surface area contributed by atoms with Crippen molar-refractivity contribution in [2.24, 2.45) is 0 Å². The van der Waals surface area contributed by atoms with Gasteiger partial charge in [-0.15, -0.1) is 0 Å². The van der Waals surface area contributed by atoms with Gasteiger partial charge in [-0.3, -0.25) is 0 Å². The summed E-state index contributed by atoms with van der Waals surface area (Å²) in [6.45, 7) is 14.3. The van der Waals surface area contributed by atoms with E-state index in [0.29, 0.717) is 6.61 Å². The number of aryl methyl sites for hydroxylation is 4. The highest BCUT2D eigenvalue weighted by Gasteiger charge is 2.16. The summed E-state index contributed by atoms with van der Waals surface area (Å²) in [6.07, 6.45) is 0. The van der Waals surface area contributed by atoms with Crippen molar-refractivity contribution >= 4 is 11.0 Å². The van der Waals surface area contributed by atoms with Gasteiger partial charge in [0.1, 0.15) is 18.2 Å². The molecular weight excluding hydrogens is 368 g/mol. The van der Waals surface area contributed by atoms with E-state index in [-0.39, 0.29) is 0 Å². The Labute approximate surface area is 179 Å². The van der Waals surface area contributed by atoms with Gasteiger partial charge in [0, 0.05) is 0 Å². The highest BCUT2D eigenvalue weighted by Crippen LogP contribution is 2.26. The van der Waals surface area contributed by atoms with Crippen molar-refractivity contribution < 1.29 is 4.74 Å². The zero-order chi connectivity index (χ0) is 21.4. The molecule has 0 bridgehead atoms. The number of rotatable bonds is 5. The number of hydrogen-bond acceptors (Lipinski definition) is 2. The Morgan fingerprint density at radius 2 is 1.50 bits per heavy atom. The molecule has 0 atom stereocenters. The zero-order valence-electron chi connectivity index (χ0n) is 18.8. The van der Waals surface area contributed by atoms with E-state index in [1.54, 1.807) is 0 Å². The molecule has 0 fully saturated rings. The third kappa shape index (κ3) is 3.72. The first kappa shape index (κ1) is 20.2. The lowest BCUT2D eigenvalue weighted by molar-refractivity contribution is 0.289. The molecule has 4 rings (SSSR count). The van der Waals surface area contributed by atoms with Gasteiger partial charge in [0.2, 0.25) is 0 Å². The number of aromatic nitrogens is 2. The van der Waals surface area contributed by atoms with Gasteiger partial charge in [0.05, 0.1) is 17.6 Å². The van der Waals surface area contributed by atoms with Crippen molar-refractivity contribution in [3.63, 3.8) is 0 Å². The van der Waals surface area contributed by atoms with Crippen LogP contribution < -0.4 is 4.74 Å². The van der Waals surface area contributed by atoms with E-state index < -0.39 is 0 Å². The van der Waals surface area contributed by atoms with Crippen LogP contribution in [0.2, 0.25) is 0 Å². The maximum atomic E-state index is 6.24. The molecule has 0 spiro atoms. The van der Waals surface area contributed by atoms with E-state index in [1.165, 1.54) is 33.4 Å². The SMILES string of the molecule is Cc1ccc(C)c(OCc2nc3ccccc3n2Cc2c(C)c(C)cc(C)c2C)c1. The van der Waals surface area contributed by atoms with Crippen LogP contribution in [-0.4, -0.2) is 9.55 Å². The second-order valence-corrected chi connectivity index (χ2v) is 8.40. The Hall–Kier alpha value is -3.07. The van der Waals surface area contributed by atoms with Crippen molar-refractivity contribution in [2.75, 3.05) is 0 Å². The fraction of sp³-hybridized carbons (Fsp3) is 0.296. The van der Waals surface area contributed by atoms with Crippen molar-refractivity contribution in [2.45, 2.75) is 54.7 Å². The average Bonchev–Trinajstić information content (AvgIpc) is 3.07. The second kappa shape index (κ2) is 7.98. The minimum Gasteiger partial charge on any atom is -0.485 e. The van der Waals surface area contributed by atoms with Gasteiger partial charge in [-0.25, -0.2) is 4.98 Å². The summed E-state index contributed by atoms with van der Waals surface area (Å²) in [5.74, 6) is 1.88. The molecule has 0 aliphatic heterocycles. The Morgan fingerprint density at radius 1 is 0.800 bits per heavy atom. The molecule has 154 valence electrons. The molecule has 1 heterocycles. The standard InChI is InChI=1S/C27H30N2O/c1-17-11-12-18(2)26(13-17)30-16-27-28-24-9-7-8-10-25(24)29(27)15-23-21(5)19(3)14-20(4)22(23)6/h7-14H,15-16H2,1-6H3. The largest absolute Gasteiger partial charge is 0.485 e. The van der Waals surface area contributed by atoms with Gasteiger partial charge in [-0.2, -0.15) is 0 Å². The van der Waals surface area contributed by atoms with Crippen molar-refractivity contribution in [1.82, 2.24) is 9.55 Å². The number of fused-ring (bicyclic) bond motifs is 1. The maximum absolute atomic E-state index is 6.24. The van der Waals surface area contributed by atoms with Gasteiger partial charge < -0.3 is 9.30 Å². The van der Waals surface area contributed by atoms with Crippen LogP contribution in [0, 0.1) is 41.5 Å². The molecular formula is C27H30N2O. The summed E-state index contributed by atoms with van der Waals surface area (Å²) in [6, 6.07) is 17.0. The second-order valence-electron chi connectivity index (χ2n) is 8.40. The number of benzene rings is 3. The van der Waals surface area contributed by atoms with Gasteiger partial charge >= 0.3 is 0 Å². The predicted octanol–water partition coefficient (Wildman–Crippen LogP) is 6.51. The van der Waals surface area contributed by atoms with E-state index >= 15 is 0 Å². The Bertz CT molecular complexity index is 1210. The molecule has 1 aromatic heterocycles. The first-order chi connectivity index (χ1) is 14.3. The van der Waals surface area contributed by atoms with Gasteiger partial charge in [-0.1, -0.05) is 30.3 Å². The molecule has 0 N–H and O–H groups in total. The summed E-state index contributed by atoms with van der Waals surface area (Å²) in [7, 11) is 0. The normalized spacial score (nSPS) is 11.3. The van der Waals surface area contributed by atoms with Gasteiger partial charge in [0.15, 0.2) is 0 Å². The summed E-state index contributed by atoms with van der Waals surface area (Å²) < 4.78 is 8.55. The molecule has 0 saturated heterocycles. The molecule has 0 amide bonds.